The fraction of sp³-hybridized carbons (Fsp3) is 0.647. The topological polar surface area (TPSA) is 12.5 Å². The van der Waals surface area contributed by atoms with Crippen molar-refractivity contribution in [1.82, 2.24) is 5.06 Å². The van der Waals surface area contributed by atoms with Gasteiger partial charge in [0.25, 0.3) is 0 Å². The Hall–Kier alpha value is -0.570. The predicted octanol–water partition coefficient (Wildman–Crippen LogP) is 4.94. The largest absolute Gasteiger partial charge is 0.289 e. The average Bonchev–Trinajstić information content (AvgIpc) is 2.38. The molecule has 1 aromatic carbocycles. The van der Waals surface area contributed by atoms with Crippen molar-refractivity contribution in [2.24, 2.45) is 0 Å². The van der Waals surface area contributed by atoms with Gasteiger partial charge in [0.2, 0.25) is 0 Å². The fourth-order valence-corrected chi connectivity index (χ4v) is 3.47. The van der Waals surface area contributed by atoms with E-state index in [-0.39, 0.29) is 17.2 Å². The summed E-state index contributed by atoms with van der Waals surface area (Å²) in [7, 11) is 0. The number of hydroxylamine groups is 2. The molecule has 0 spiro atoms. The van der Waals surface area contributed by atoms with Crippen molar-refractivity contribution in [1.29, 1.82) is 0 Å². The van der Waals surface area contributed by atoms with Crippen LogP contribution in [0.3, 0.4) is 0 Å². The van der Waals surface area contributed by atoms with Crippen LogP contribution in [0.1, 0.15) is 58.6 Å². The molecule has 1 unspecified atom stereocenters. The molecule has 1 saturated heterocycles. The minimum absolute atomic E-state index is 0.0425. The second kappa shape index (κ2) is 6.05. The van der Waals surface area contributed by atoms with Crippen LogP contribution >= 0.6 is 11.6 Å². The molecule has 3 heteroatoms. The Kier molecular flexibility index (Phi) is 4.78. The molecule has 0 aliphatic carbocycles. The van der Waals surface area contributed by atoms with E-state index in [1.54, 1.807) is 0 Å². The number of rotatable bonds is 4. The molecular weight excluding hydrogens is 270 g/mol. The van der Waals surface area contributed by atoms with E-state index in [1.165, 1.54) is 6.42 Å². The van der Waals surface area contributed by atoms with Gasteiger partial charge in [0.1, 0.15) is 6.10 Å². The highest BCUT2D eigenvalue weighted by molar-refractivity contribution is 6.18. The summed E-state index contributed by atoms with van der Waals surface area (Å²) in [4.78, 5) is 6.36. The van der Waals surface area contributed by atoms with Crippen LogP contribution in [0.2, 0.25) is 0 Å². The van der Waals surface area contributed by atoms with Crippen molar-refractivity contribution in [3.05, 3.63) is 35.9 Å². The fourth-order valence-electron chi connectivity index (χ4n) is 3.23. The highest BCUT2D eigenvalue weighted by Gasteiger charge is 2.43. The third-order valence-corrected chi connectivity index (χ3v) is 4.50. The molecule has 1 aliphatic heterocycles. The van der Waals surface area contributed by atoms with Crippen molar-refractivity contribution in [2.75, 3.05) is 5.88 Å². The van der Waals surface area contributed by atoms with Crippen molar-refractivity contribution in [3.8, 4) is 0 Å². The Bertz CT molecular complexity index is 414. The molecule has 0 saturated carbocycles. The van der Waals surface area contributed by atoms with E-state index in [4.69, 9.17) is 16.4 Å². The predicted molar refractivity (Wildman–Crippen MR) is 84.8 cm³/mol. The molecule has 1 aromatic rings. The van der Waals surface area contributed by atoms with Crippen LogP contribution < -0.4 is 0 Å². The number of hydrogen-bond donors (Lipinski definition) is 0. The number of alkyl halides is 1. The molecule has 0 radical (unpaired) electrons. The number of piperidine rings is 1. The number of hydrogen-bond acceptors (Lipinski definition) is 2. The first-order valence-corrected chi connectivity index (χ1v) is 7.98. The van der Waals surface area contributed by atoms with E-state index in [2.05, 4.69) is 44.9 Å². The maximum absolute atomic E-state index is 6.36. The van der Waals surface area contributed by atoms with Gasteiger partial charge in [0.05, 0.1) is 5.88 Å². The zero-order valence-corrected chi connectivity index (χ0v) is 13.8. The lowest BCUT2D eigenvalue weighted by Gasteiger charge is -2.52. The Morgan fingerprint density at radius 2 is 1.65 bits per heavy atom. The van der Waals surface area contributed by atoms with Gasteiger partial charge in [0, 0.05) is 11.1 Å². The highest BCUT2D eigenvalue weighted by Crippen LogP contribution is 2.40. The zero-order chi connectivity index (χ0) is 14.8. The lowest BCUT2D eigenvalue weighted by Crippen LogP contribution is -2.58. The number of halogens is 1. The molecule has 1 fully saturated rings. The summed E-state index contributed by atoms with van der Waals surface area (Å²) in [6.07, 6.45) is 3.46. The minimum Gasteiger partial charge on any atom is -0.289 e. The van der Waals surface area contributed by atoms with E-state index in [0.717, 1.165) is 18.4 Å². The van der Waals surface area contributed by atoms with Gasteiger partial charge in [-0.15, -0.1) is 11.6 Å². The first kappa shape index (κ1) is 15.8. The van der Waals surface area contributed by atoms with E-state index in [0.29, 0.717) is 5.88 Å². The average molecular weight is 296 g/mol. The van der Waals surface area contributed by atoms with Crippen molar-refractivity contribution in [2.45, 2.75) is 64.1 Å². The zero-order valence-electron chi connectivity index (χ0n) is 13.0. The Morgan fingerprint density at radius 1 is 1.10 bits per heavy atom. The standard InChI is InChI=1S/C17H26ClNO/c1-16(2)11-8-12-17(3,4)19(16)20-15(13-18)14-9-6-5-7-10-14/h5-7,9-10,15H,8,11-13H2,1-4H3. The van der Waals surface area contributed by atoms with Gasteiger partial charge in [0.15, 0.2) is 0 Å². The van der Waals surface area contributed by atoms with Gasteiger partial charge in [-0.05, 0) is 52.5 Å². The van der Waals surface area contributed by atoms with E-state index >= 15 is 0 Å². The quantitative estimate of drug-likeness (QED) is 0.729. The molecule has 0 bridgehead atoms. The molecule has 112 valence electrons. The molecule has 0 amide bonds. The van der Waals surface area contributed by atoms with Crippen molar-refractivity contribution >= 4 is 11.6 Å². The molecule has 2 nitrogen and oxygen atoms in total. The molecule has 0 aromatic heterocycles. The van der Waals surface area contributed by atoms with Crippen LogP contribution in [0.15, 0.2) is 30.3 Å². The smallest absolute Gasteiger partial charge is 0.118 e. The SMILES string of the molecule is CC1(C)CCCC(C)(C)N1OC(CCl)c1ccccc1. The van der Waals surface area contributed by atoms with Gasteiger partial charge in [-0.3, -0.25) is 4.84 Å². The molecule has 0 N–H and O–H groups in total. The second-order valence-corrected chi connectivity index (χ2v) is 7.24. The monoisotopic (exact) mass is 295 g/mol. The summed E-state index contributed by atoms with van der Waals surface area (Å²) >= 11 is 6.16. The van der Waals surface area contributed by atoms with Crippen LogP contribution in [-0.2, 0) is 4.84 Å². The van der Waals surface area contributed by atoms with Crippen molar-refractivity contribution < 1.29 is 4.84 Å². The van der Waals surface area contributed by atoms with E-state index in [1.807, 2.05) is 18.2 Å². The first-order valence-electron chi connectivity index (χ1n) is 7.45. The van der Waals surface area contributed by atoms with Crippen LogP contribution in [0.4, 0.5) is 0 Å². The van der Waals surface area contributed by atoms with Crippen LogP contribution in [-0.4, -0.2) is 22.0 Å². The number of benzene rings is 1. The second-order valence-electron chi connectivity index (χ2n) is 6.93. The molecular formula is C17H26ClNO. The number of nitrogens with zero attached hydrogens (tertiary/aromatic N) is 1. The molecule has 1 atom stereocenters. The summed E-state index contributed by atoms with van der Waals surface area (Å²) in [5, 5.41) is 2.18. The Balaban J connectivity index is 2.20. The first-order chi connectivity index (χ1) is 9.37. The summed E-state index contributed by atoms with van der Waals surface area (Å²) in [5.74, 6) is 0.465. The molecule has 20 heavy (non-hydrogen) atoms. The van der Waals surface area contributed by atoms with E-state index in [9.17, 15) is 0 Å². The van der Waals surface area contributed by atoms with Gasteiger partial charge in [-0.1, -0.05) is 30.3 Å². The molecule has 1 aliphatic rings. The van der Waals surface area contributed by atoms with E-state index < -0.39 is 0 Å². The van der Waals surface area contributed by atoms with Crippen LogP contribution in [0, 0.1) is 0 Å². The summed E-state index contributed by atoms with van der Waals surface area (Å²) in [6.45, 7) is 9.02. The Labute approximate surface area is 128 Å². The third-order valence-electron chi connectivity index (χ3n) is 4.22. The summed E-state index contributed by atoms with van der Waals surface area (Å²) < 4.78 is 0. The van der Waals surface area contributed by atoms with Gasteiger partial charge in [-0.25, -0.2) is 0 Å². The maximum atomic E-state index is 6.36. The highest BCUT2D eigenvalue weighted by atomic mass is 35.5. The van der Waals surface area contributed by atoms with Crippen LogP contribution in [0.25, 0.3) is 0 Å². The van der Waals surface area contributed by atoms with Gasteiger partial charge < -0.3 is 0 Å². The summed E-state index contributed by atoms with van der Waals surface area (Å²) in [6, 6.07) is 10.2. The third kappa shape index (κ3) is 3.36. The maximum Gasteiger partial charge on any atom is 0.118 e. The van der Waals surface area contributed by atoms with Gasteiger partial charge >= 0.3 is 0 Å². The lowest BCUT2D eigenvalue weighted by atomic mass is 9.82. The van der Waals surface area contributed by atoms with Crippen LogP contribution in [0.5, 0.6) is 0 Å². The minimum atomic E-state index is -0.0884. The van der Waals surface area contributed by atoms with Gasteiger partial charge in [-0.2, -0.15) is 5.06 Å². The molecule has 1 heterocycles. The lowest BCUT2D eigenvalue weighted by molar-refractivity contribution is -0.303. The summed E-state index contributed by atoms with van der Waals surface area (Å²) in [5.41, 5.74) is 1.22. The normalized spacial score (nSPS) is 23.4. The Morgan fingerprint density at radius 3 is 2.15 bits per heavy atom. The molecule has 2 rings (SSSR count). The van der Waals surface area contributed by atoms with Crippen molar-refractivity contribution in [3.63, 3.8) is 0 Å².